The van der Waals surface area contributed by atoms with Gasteiger partial charge in [0.05, 0.1) is 28.6 Å². The van der Waals surface area contributed by atoms with E-state index < -0.39 is 11.7 Å². The van der Waals surface area contributed by atoms with Crippen LogP contribution in [-0.4, -0.2) is 82.0 Å². The lowest BCUT2D eigenvalue weighted by molar-refractivity contribution is -0.137. The second-order valence-electron chi connectivity index (χ2n) is 11.6. The molecule has 0 radical (unpaired) electrons. The molecule has 0 bridgehead atoms. The maximum Gasteiger partial charge on any atom is 0.416 e. The number of carbonyl (C=O) groups is 1. The smallest absolute Gasteiger partial charge is 0.377 e. The van der Waals surface area contributed by atoms with Crippen molar-refractivity contribution >= 4 is 5.91 Å². The van der Waals surface area contributed by atoms with Gasteiger partial charge in [-0.1, -0.05) is 6.07 Å². The highest BCUT2D eigenvalue weighted by Gasteiger charge is 2.44. The van der Waals surface area contributed by atoms with E-state index in [1.807, 2.05) is 18.7 Å². The molecule has 0 unspecified atom stereocenters. The first-order valence-electron chi connectivity index (χ1n) is 13.7. The second kappa shape index (κ2) is 10.4. The van der Waals surface area contributed by atoms with Crippen molar-refractivity contribution in [2.45, 2.75) is 76.9 Å². The average Bonchev–Trinajstić information content (AvgIpc) is 3.26. The van der Waals surface area contributed by atoms with E-state index in [-0.39, 0.29) is 29.6 Å². The Labute approximate surface area is 228 Å². The molecule has 0 saturated carbocycles. The van der Waals surface area contributed by atoms with E-state index in [1.54, 1.807) is 13.2 Å². The Morgan fingerprint density at radius 2 is 1.72 bits per heavy atom. The minimum absolute atomic E-state index is 0.00659. The number of piperazine rings is 1. The fourth-order valence-corrected chi connectivity index (χ4v) is 6.82. The number of rotatable bonds is 4. The first kappa shape index (κ1) is 28.0. The van der Waals surface area contributed by atoms with Crippen LogP contribution in [0.5, 0.6) is 0 Å². The maximum absolute atomic E-state index is 13.4. The summed E-state index contributed by atoms with van der Waals surface area (Å²) < 4.78 is 45.7. The number of carbonyl (C=O) groups excluding carboxylic acids is 1. The zero-order chi connectivity index (χ0) is 28.1. The highest BCUT2D eigenvalue weighted by molar-refractivity contribution is 5.96. The van der Waals surface area contributed by atoms with Gasteiger partial charge in [0, 0.05) is 57.5 Å². The lowest BCUT2D eigenvalue weighted by atomic mass is 9.86. The molecule has 2 aliphatic heterocycles. The standard InChI is InChI=1S/C29H38F3N5O2/c1-18-16-36(28(4)8-10-35(11-9-28)27(38)26-19(2)33-17-34-20(26)3)12-13-37(18)24-15-25(39-5)23-14-21(29(30,31)32)6-7-22(23)24/h6-7,14,17-18,24-25H,8-13,15-16H2,1-5H3/t18-,24-,25-/m0/s1. The topological polar surface area (TPSA) is 61.8 Å². The molecule has 1 amide bonds. The van der Waals surface area contributed by atoms with Crippen molar-refractivity contribution < 1.29 is 22.7 Å². The SMILES string of the molecule is CO[C@H]1C[C@H](N2CCN(C3(C)CCN(C(=O)c4c(C)ncnc4C)CC3)C[C@@H]2C)c2ccc(C(F)(F)F)cc21. The van der Waals surface area contributed by atoms with E-state index in [2.05, 4.69) is 33.6 Å². The summed E-state index contributed by atoms with van der Waals surface area (Å²) in [6.07, 6.45) is -0.778. The molecular formula is C29H38F3N5O2. The third kappa shape index (κ3) is 5.18. The largest absolute Gasteiger partial charge is 0.416 e. The minimum Gasteiger partial charge on any atom is -0.377 e. The number of hydrogen-bond donors (Lipinski definition) is 0. The van der Waals surface area contributed by atoms with Gasteiger partial charge in [0.1, 0.15) is 6.33 Å². The average molecular weight is 546 g/mol. The van der Waals surface area contributed by atoms with Crippen molar-refractivity contribution in [2.75, 3.05) is 39.8 Å². The van der Waals surface area contributed by atoms with Gasteiger partial charge in [-0.15, -0.1) is 0 Å². The van der Waals surface area contributed by atoms with Crippen molar-refractivity contribution in [2.24, 2.45) is 0 Å². The number of fused-ring (bicyclic) bond motifs is 1. The molecule has 3 atom stereocenters. The summed E-state index contributed by atoms with van der Waals surface area (Å²) in [6.45, 7) is 12.2. The van der Waals surface area contributed by atoms with Gasteiger partial charge in [0.15, 0.2) is 0 Å². The van der Waals surface area contributed by atoms with Crippen molar-refractivity contribution in [1.82, 2.24) is 24.7 Å². The van der Waals surface area contributed by atoms with Gasteiger partial charge in [0.25, 0.3) is 5.91 Å². The Morgan fingerprint density at radius 3 is 2.31 bits per heavy atom. The predicted molar refractivity (Wildman–Crippen MR) is 141 cm³/mol. The van der Waals surface area contributed by atoms with E-state index in [0.717, 1.165) is 38.0 Å². The third-order valence-corrected chi connectivity index (χ3v) is 9.25. The van der Waals surface area contributed by atoms with Gasteiger partial charge in [-0.05, 0) is 70.2 Å². The van der Waals surface area contributed by atoms with Crippen LogP contribution in [0.4, 0.5) is 13.2 Å². The molecular weight excluding hydrogens is 507 g/mol. The predicted octanol–water partition coefficient (Wildman–Crippen LogP) is 4.95. The molecule has 3 aliphatic rings. The second-order valence-corrected chi connectivity index (χ2v) is 11.6. The minimum atomic E-state index is -4.37. The summed E-state index contributed by atoms with van der Waals surface area (Å²) in [5.74, 6) is 0.00659. The number of piperidine rings is 1. The Kier molecular flexibility index (Phi) is 7.50. The van der Waals surface area contributed by atoms with E-state index in [1.165, 1.54) is 18.5 Å². The number of aryl methyl sites for hydroxylation is 2. The summed E-state index contributed by atoms with van der Waals surface area (Å²) >= 11 is 0. The van der Waals surface area contributed by atoms with Gasteiger partial charge in [0.2, 0.25) is 0 Å². The molecule has 0 N–H and O–H groups in total. The van der Waals surface area contributed by atoms with Crippen LogP contribution in [-0.2, 0) is 10.9 Å². The molecule has 0 spiro atoms. The molecule has 212 valence electrons. The highest BCUT2D eigenvalue weighted by atomic mass is 19.4. The highest BCUT2D eigenvalue weighted by Crippen LogP contribution is 2.47. The number of benzene rings is 1. The van der Waals surface area contributed by atoms with Gasteiger partial charge in [-0.3, -0.25) is 14.6 Å². The summed E-state index contributed by atoms with van der Waals surface area (Å²) in [5.41, 5.74) is 3.00. The van der Waals surface area contributed by atoms with E-state index in [4.69, 9.17) is 4.74 Å². The molecule has 1 aromatic heterocycles. The van der Waals surface area contributed by atoms with Crippen LogP contribution in [0, 0.1) is 13.8 Å². The van der Waals surface area contributed by atoms with Gasteiger partial charge < -0.3 is 9.64 Å². The van der Waals surface area contributed by atoms with E-state index in [9.17, 15) is 18.0 Å². The molecule has 1 aromatic carbocycles. The maximum atomic E-state index is 13.4. The molecule has 1 aliphatic carbocycles. The Morgan fingerprint density at radius 1 is 1.05 bits per heavy atom. The third-order valence-electron chi connectivity index (χ3n) is 9.25. The first-order valence-corrected chi connectivity index (χ1v) is 13.7. The first-order chi connectivity index (χ1) is 18.4. The van der Waals surface area contributed by atoms with Crippen LogP contribution < -0.4 is 0 Å². The van der Waals surface area contributed by atoms with E-state index >= 15 is 0 Å². The van der Waals surface area contributed by atoms with Crippen LogP contribution in [0.2, 0.25) is 0 Å². The van der Waals surface area contributed by atoms with Crippen LogP contribution >= 0.6 is 0 Å². The zero-order valence-corrected chi connectivity index (χ0v) is 23.4. The number of ether oxygens (including phenoxy) is 1. The number of amides is 1. The summed E-state index contributed by atoms with van der Waals surface area (Å²) in [6, 6.07) is 4.39. The number of halogens is 3. The van der Waals surface area contributed by atoms with Gasteiger partial charge >= 0.3 is 6.18 Å². The van der Waals surface area contributed by atoms with Crippen LogP contribution in [0.3, 0.4) is 0 Å². The molecule has 7 nitrogen and oxygen atoms in total. The molecule has 2 fully saturated rings. The molecule has 10 heteroatoms. The number of hydrogen-bond acceptors (Lipinski definition) is 6. The van der Waals surface area contributed by atoms with Crippen molar-refractivity contribution in [1.29, 1.82) is 0 Å². The van der Waals surface area contributed by atoms with Crippen LogP contribution in [0.1, 0.15) is 83.7 Å². The quantitative estimate of drug-likeness (QED) is 0.542. The van der Waals surface area contributed by atoms with Crippen molar-refractivity contribution in [3.63, 3.8) is 0 Å². The Balaban J connectivity index is 1.24. The molecule has 2 aromatic rings. The molecule has 39 heavy (non-hydrogen) atoms. The molecule has 3 heterocycles. The van der Waals surface area contributed by atoms with Crippen molar-refractivity contribution in [3.8, 4) is 0 Å². The molecule has 5 rings (SSSR count). The van der Waals surface area contributed by atoms with Crippen LogP contribution in [0.15, 0.2) is 24.5 Å². The summed E-state index contributed by atoms with van der Waals surface area (Å²) in [4.78, 5) is 28.6. The summed E-state index contributed by atoms with van der Waals surface area (Å²) in [7, 11) is 1.57. The summed E-state index contributed by atoms with van der Waals surface area (Å²) in [5, 5.41) is 0. The number of nitrogens with zero attached hydrogens (tertiary/aromatic N) is 5. The zero-order valence-electron chi connectivity index (χ0n) is 23.4. The number of alkyl halides is 3. The monoisotopic (exact) mass is 545 g/mol. The molecule has 2 saturated heterocycles. The number of methoxy groups -OCH3 is 1. The Bertz CT molecular complexity index is 1210. The van der Waals surface area contributed by atoms with Gasteiger partial charge in [-0.2, -0.15) is 13.2 Å². The number of aromatic nitrogens is 2. The normalized spacial score (nSPS) is 26.1. The fourth-order valence-electron chi connectivity index (χ4n) is 6.82. The lowest BCUT2D eigenvalue weighted by Gasteiger charge is -2.52. The number of likely N-dealkylation sites (tertiary alicyclic amines) is 1. The lowest BCUT2D eigenvalue weighted by Crippen LogP contribution is -2.62. The van der Waals surface area contributed by atoms with Crippen LogP contribution in [0.25, 0.3) is 0 Å². The van der Waals surface area contributed by atoms with Gasteiger partial charge in [-0.25, -0.2) is 9.97 Å². The Hall–Kier alpha value is -2.56. The van der Waals surface area contributed by atoms with Crippen molar-refractivity contribution in [3.05, 3.63) is 58.2 Å². The fraction of sp³-hybridized carbons (Fsp3) is 0.621. The van der Waals surface area contributed by atoms with E-state index in [0.29, 0.717) is 42.0 Å².